The van der Waals surface area contributed by atoms with Crippen molar-refractivity contribution >= 4 is 34.1 Å². The lowest BCUT2D eigenvalue weighted by Gasteiger charge is -2.05. The van der Waals surface area contributed by atoms with E-state index >= 15 is 0 Å². The molecule has 1 atom stereocenters. The highest BCUT2D eigenvalue weighted by Gasteiger charge is 2.27. The SMILES string of the molecule is C[C@@H](Sc1nnc(NCC(F)(F)F)s1)C(N)=O. The lowest BCUT2D eigenvalue weighted by atomic mass is 10.5. The van der Waals surface area contributed by atoms with Gasteiger partial charge in [0.05, 0.1) is 5.25 Å². The van der Waals surface area contributed by atoms with E-state index < -0.39 is 23.9 Å². The second-order valence-corrected chi connectivity index (χ2v) is 5.57. The number of thioether (sulfide) groups is 1. The fourth-order valence-corrected chi connectivity index (χ4v) is 2.56. The van der Waals surface area contributed by atoms with Crippen molar-refractivity contribution < 1.29 is 18.0 Å². The standard InChI is InChI=1S/C7H9F3N4OS2/c1-3(4(11)15)16-6-14-13-5(17-6)12-2-7(8,9)10/h3H,2H2,1H3,(H2,11,15)(H,12,13)/t3-/m1/s1. The number of hydrogen-bond donors (Lipinski definition) is 2. The van der Waals surface area contributed by atoms with Crippen LogP contribution in [0.3, 0.4) is 0 Å². The Morgan fingerprint density at radius 1 is 1.59 bits per heavy atom. The Morgan fingerprint density at radius 3 is 2.76 bits per heavy atom. The van der Waals surface area contributed by atoms with Gasteiger partial charge in [0.2, 0.25) is 11.0 Å². The van der Waals surface area contributed by atoms with E-state index in [0.29, 0.717) is 4.34 Å². The number of hydrogen-bond acceptors (Lipinski definition) is 6. The first-order valence-corrected chi connectivity index (χ1v) is 6.07. The third kappa shape index (κ3) is 5.22. The smallest absolute Gasteiger partial charge is 0.369 e. The molecule has 0 radical (unpaired) electrons. The molecule has 0 saturated heterocycles. The molecule has 5 nitrogen and oxygen atoms in total. The summed E-state index contributed by atoms with van der Waals surface area (Å²) in [5.41, 5.74) is 5.04. The van der Waals surface area contributed by atoms with Crippen LogP contribution in [-0.2, 0) is 4.79 Å². The number of rotatable bonds is 5. The summed E-state index contributed by atoms with van der Waals surface area (Å²) in [7, 11) is 0. The molecule has 0 saturated carbocycles. The van der Waals surface area contributed by atoms with Crippen LogP contribution < -0.4 is 11.1 Å². The van der Waals surface area contributed by atoms with Gasteiger partial charge in [-0.15, -0.1) is 10.2 Å². The maximum absolute atomic E-state index is 11.9. The van der Waals surface area contributed by atoms with Gasteiger partial charge in [0.1, 0.15) is 6.54 Å². The largest absolute Gasteiger partial charge is 0.405 e. The summed E-state index contributed by atoms with van der Waals surface area (Å²) < 4.78 is 36.1. The summed E-state index contributed by atoms with van der Waals surface area (Å²) in [6.07, 6.45) is -4.31. The number of nitrogens with two attached hydrogens (primary N) is 1. The van der Waals surface area contributed by atoms with Crippen LogP contribution in [0.25, 0.3) is 0 Å². The number of nitrogens with one attached hydrogen (secondary N) is 1. The number of aromatic nitrogens is 2. The first kappa shape index (κ1) is 14.0. The lowest BCUT2D eigenvalue weighted by molar-refractivity contribution is -0.117. The fraction of sp³-hybridized carbons (Fsp3) is 0.571. The number of amides is 1. The third-order valence-electron chi connectivity index (χ3n) is 1.52. The minimum Gasteiger partial charge on any atom is -0.369 e. The summed E-state index contributed by atoms with van der Waals surface area (Å²) in [6, 6.07) is 0. The molecule has 1 heterocycles. The van der Waals surface area contributed by atoms with Crippen LogP contribution in [0.15, 0.2) is 4.34 Å². The molecule has 0 aromatic carbocycles. The first-order valence-electron chi connectivity index (χ1n) is 4.38. The highest BCUT2D eigenvalue weighted by Crippen LogP contribution is 2.29. The van der Waals surface area contributed by atoms with E-state index in [4.69, 9.17) is 5.73 Å². The highest BCUT2D eigenvalue weighted by molar-refractivity contribution is 8.02. The van der Waals surface area contributed by atoms with Crippen LogP contribution in [0, 0.1) is 0 Å². The zero-order valence-corrected chi connectivity index (χ0v) is 10.2. The summed E-state index contributed by atoms with van der Waals surface area (Å²) in [5, 5.41) is 8.80. The van der Waals surface area contributed by atoms with Crippen molar-refractivity contribution in [2.45, 2.75) is 22.7 Å². The number of primary amides is 1. The number of carbonyl (C=O) groups is 1. The predicted molar refractivity (Wildman–Crippen MR) is 59.0 cm³/mol. The van der Waals surface area contributed by atoms with Gasteiger partial charge in [0.15, 0.2) is 4.34 Å². The molecule has 96 valence electrons. The molecule has 0 spiro atoms. The zero-order valence-electron chi connectivity index (χ0n) is 8.61. The molecular formula is C7H9F3N4OS2. The van der Waals surface area contributed by atoms with Gasteiger partial charge >= 0.3 is 6.18 Å². The molecule has 1 amide bonds. The van der Waals surface area contributed by atoms with Gasteiger partial charge in [-0.05, 0) is 6.92 Å². The van der Waals surface area contributed by atoms with Crippen LogP contribution in [0.5, 0.6) is 0 Å². The Morgan fingerprint density at radius 2 is 2.24 bits per heavy atom. The van der Waals surface area contributed by atoms with E-state index in [1.165, 1.54) is 0 Å². The Hall–Kier alpha value is -1.03. The predicted octanol–water partition coefficient (Wildman–Crippen LogP) is 1.48. The Labute approximate surface area is 103 Å². The normalized spacial score (nSPS) is 13.4. The second kappa shape index (κ2) is 5.54. The molecule has 0 aliphatic rings. The molecule has 0 aliphatic heterocycles. The molecule has 3 N–H and O–H groups in total. The average molecular weight is 286 g/mol. The summed E-state index contributed by atoms with van der Waals surface area (Å²) >= 11 is 2.00. The molecule has 1 aromatic rings. The quantitative estimate of drug-likeness (QED) is 0.801. The first-order chi connectivity index (χ1) is 7.78. The molecule has 0 fully saturated rings. The minimum absolute atomic E-state index is 0.0569. The highest BCUT2D eigenvalue weighted by atomic mass is 32.2. The Bertz CT molecular complexity index is 395. The van der Waals surface area contributed by atoms with Crippen molar-refractivity contribution in [1.29, 1.82) is 0 Å². The monoisotopic (exact) mass is 286 g/mol. The van der Waals surface area contributed by atoms with Crippen molar-refractivity contribution in [3.8, 4) is 0 Å². The average Bonchev–Trinajstić information content (AvgIpc) is 2.61. The molecule has 0 aliphatic carbocycles. The second-order valence-electron chi connectivity index (χ2n) is 3.00. The summed E-state index contributed by atoms with van der Waals surface area (Å²) in [4.78, 5) is 10.8. The number of anilines is 1. The van der Waals surface area contributed by atoms with Crippen molar-refractivity contribution in [2.24, 2.45) is 5.73 Å². The number of carbonyl (C=O) groups excluding carboxylic acids is 1. The lowest BCUT2D eigenvalue weighted by Crippen LogP contribution is -2.22. The van der Waals surface area contributed by atoms with E-state index in [2.05, 4.69) is 15.5 Å². The van der Waals surface area contributed by atoms with Gasteiger partial charge in [-0.25, -0.2) is 0 Å². The third-order valence-corrected chi connectivity index (χ3v) is 3.61. The van der Waals surface area contributed by atoms with Crippen LogP contribution in [0.4, 0.5) is 18.3 Å². The maximum atomic E-state index is 11.9. The minimum atomic E-state index is -4.31. The van der Waals surface area contributed by atoms with E-state index in [1.807, 2.05) is 0 Å². The van der Waals surface area contributed by atoms with Gasteiger partial charge in [-0.1, -0.05) is 23.1 Å². The van der Waals surface area contributed by atoms with E-state index in [9.17, 15) is 18.0 Å². The van der Waals surface area contributed by atoms with E-state index in [0.717, 1.165) is 23.1 Å². The van der Waals surface area contributed by atoms with Gasteiger partial charge in [0, 0.05) is 0 Å². The molecule has 10 heteroatoms. The number of halogens is 3. The summed E-state index contributed by atoms with van der Waals surface area (Å²) in [6.45, 7) is 0.412. The summed E-state index contributed by atoms with van der Waals surface area (Å²) in [5.74, 6) is -0.519. The van der Waals surface area contributed by atoms with Crippen molar-refractivity contribution in [2.75, 3.05) is 11.9 Å². The number of alkyl halides is 3. The zero-order chi connectivity index (χ0) is 13.1. The Kier molecular flexibility index (Phi) is 4.57. The van der Waals surface area contributed by atoms with Crippen molar-refractivity contribution in [1.82, 2.24) is 10.2 Å². The molecule has 0 unspecified atom stereocenters. The number of nitrogens with zero attached hydrogens (tertiary/aromatic N) is 2. The molecule has 1 rings (SSSR count). The fourth-order valence-electron chi connectivity index (χ4n) is 0.714. The molecule has 17 heavy (non-hydrogen) atoms. The van der Waals surface area contributed by atoms with Crippen LogP contribution >= 0.6 is 23.1 Å². The molecule has 0 bridgehead atoms. The van der Waals surface area contributed by atoms with Crippen molar-refractivity contribution in [3.63, 3.8) is 0 Å². The van der Waals surface area contributed by atoms with E-state index in [1.54, 1.807) is 6.92 Å². The topological polar surface area (TPSA) is 80.9 Å². The van der Waals surface area contributed by atoms with E-state index in [-0.39, 0.29) is 5.13 Å². The maximum Gasteiger partial charge on any atom is 0.405 e. The van der Waals surface area contributed by atoms with Crippen molar-refractivity contribution in [3.05, 3.63) is 0 Å². The van der Waals surface area contributed by atoms with Gasteiger partial charge < -0.3 is 11.1 Å². The van der Waals surface area contributed by atoms with Gasteiger partial charge in [0.25, 0.3) is 0 Å². The van der Waals surface area contributed by atoms with Gasteiger partial charge in [-0.2, -0.15) is 13.2 Å². The molecule has 1 aromatic heterocycles. The van der Waals surface area contributed by atoms with Crippen LogP contribution in [0.1, 0.15) is 6.92 Å². The van der Waals surface area contributed by atoms with Crippen LogP contribution in [-0.4, -0.2) is 34.1 Å². The van der Waals surface area contributed by atoms with Crippen LogP contribution in [0.2, 0.25) is 0 Å². The molecular weight excluding hydrogens is 277 g/mol. The Balaban J connectivity index is 2.51. The van der Waals surface area contributed by atoms with Gasteiger partial charge in [-0.3, -0.25) is 4.79 Å².